The maximum Gasteiger partial charge on any atom is 0.338 e. The van der Waals surface area contributed by atoms with E-state index >= 15 is 0 Å². The van der Waals surface area contributed by atoms with Crippen molar-refractivity contribution in [2.24, 2.45) is 11.8 Å². The zero-order valence-electron chi connectivity index (χ0n) is 11.2. The van der Waals surface area contributed by atoms with E-state index in [1.54, 1.807) is 0 Å². The molecular weight excluding hydrogens is 262 g/mol. The molecule has 1 atom stereocenters. The second-order valence-electron chi connectivity index (χ2n) is 4.30. The van der Waals surface area contributed by atoms with E-state index in [1.807, 2.05) is 30.3 Å². The van der Waals surface area contributed by atoms with Crippen molar-refractivity contribution in [3.63, 3.8) is 0 Å². The van der Waals surface area contributed by atoms with Gasteiger partial charge in [0.25, 0.3) is 0 Å². The number of rotatable bonds is 8. The lowest BCUT2D eigenvalue weighted by Crippen LogP contribution is -2.29. The Hall–Kier alpha value is -1.92. The number of carbonyl (C=O) groups excluding carboxylic acids is 2. The molecule has 1 aromatic rings. The number of aliphatic hydroxyl groups is 1. The minimum absolute atomic E-state index is 0.00343. The van der Waals surface area contributed by atoms with Crippen LogP contribution in [0.3, 0.4) is 0 Å². The minimum atomic E-state index is -1.05. The van der Waals surface area contributed by atoms with Crippen LogP contribution in [0.4, 0.5) is 0 Å². The van der Waals surface area contributed by atoms with Gasteiger partial charge in [-0.15, -0.1) is 0 Å². The van der Waals surface area contributed by atoms with Crippen LogP contribution in [-0.2, 0) is 25.8 Å². The summed E-state index contributed by atoms with van der Waals surface area (Å²) in [4.78, 5) is 27.4. The van der Waals surface area contributed by atoms with Gasteiger partial charge in [-0.1, -0.05) is 30.3 Å². The van der Waals surface area contributed by atoms with Gasteiger partial charge < -0.3 is 14.7 Å². The van der Waals surface area contributed by atoms with Crippen molar-refractivity contribution in [3.05, 3.63) is 35.9 Å². The summed E-state index contributed by atoms with van der Waals surface area (Å²) in [5.41, 5.74) is 0.830. The number of nitrogens with two attached hydrogens (primary N) is 1. The highest BCUT2D eigenvalue weighted by Crippen LogP contribution is 2.13. The van der Waals surface area contributed by atoms with Crippen molar-refractivity contribution in [3.8, 4) is 0 Å². The molecule has 110 valence electrons. The number of unbranched alkanes of at least 4 members (excludes halogenated alkanes) is 1. The molecule has 0 radical (unpaired) electrons. The van der Waals surface area contributed by atoms with Crippen LogP contribution >= 0.6 is 0 Å². The lowest BCUT2D eigenvalue weighted by molar-refractivity contribution is -0.163. The molecule has 6 heteroatoms. The smallest absolute Gasteiger partial charge is 0.338 e. The van der Waals surface area contributed by atoms with Crippen LogP contribution in [0.25, 0.3) is 0 Å². The number of hydrogen-bond acceptors (Lipinski definition) is 6. The molecule has 0 aliphatic heterocycles. The predicted octanol–water partition coefficient (Wildman–Crippen LogP) is 0.925. The Balaban J connectivity index is 2.52. The monoisotopic (exact) mass is 281 g/mol. The molecule has 0 unspecified atom stereocenters. The van der Waals surface area contributed by atoms with Gasteiger partial charge in [-0.2, -0.15) is 5.90 Å². The first-order chi connectivity index (χ1) is 9.69. The molecule has 6 nitrogen and oxygen atoms in total. The van der Waals surface area contributed by atoms with E-state index in [0.717, 1.165) is 5.56 Å². The van der Waals surface area contributed by atoms with Gasteiger partial charge in [0, 0.05) is 6.61 Å². The van der Waals surface area contributed by atoms with Gasteiger partial charge in [0.2, 0.25) is 0 Å². The van der Waals surface area contributed by atoms with E-state index in [0.29, 0.717) is 12.8 Å². The zero-order chi connectivity index (χ0) is 14.8. The maximum atomic E-state index is 11.9. The third-order valence-corrected chi connectivity index (χ3v) is 2.81. The average Bonchev–Trinajstić information content (AvgIpc) is 2.49. The molecule has 0 amide bonds. The number of aliphatic hydroxyl groups excluding tert-OH is 1. The van der Waals surface area contributed by atoms with Crippen molar-refractivity contribution in [1.29, 1.82) is 0 Å². The van der Waals surface area contributed by atoms with Crippen LogP contribution in [-0.4, -0.2) is 23.7 Å². The van der Waals surface area contributed by atoms with Gasteiger partial charge in [-0.05, 0) is 24.8 Å². The fourth-order valence-electron chi connectivity index (χ4n) is 1.70. The molecule has 0 fully saturated rings. The van der Waals surface area contributed by atoms with Gasteiger partial charge in [0.1, 0.15) is 6.61 Å². The normalized spacial score (nSPS) is 11.7. The van der Waals surface area contributed by atoms with Gasteiger partial charge in [-0.3, -0.25) is 4.79 Å². The number of hydrogen-bond donors (Lipinski definition) is 2. The molecule has 0 heterocycles. The molecule has 0 aromatic heterocycles. The van der Waals surface area contributed by atoms with Crippen LogP contribution in [0.15, 0.2) is 30.3 Å². The first-order valence-corrected chi connectivity index (χ1v) is 6.41. The summed E-state index contributed by atoms with van der Waals surface area (Å²) >= 11 is 0. The van der Waals surface area contributed by atoms with E-state index in [9.17, 15) is 9.59 Å². The molecule has 0 spiro atoms. The zero-order valence-corrected chi connectivity index (χ0v) is 11.2. The Morgan fingerprint density at radius 1 is 1.15 bits per heavy atom. The van der Waals surface area contributed by atoms with Gasteiger partial charge in [-0.25, -0.2) is 4.79 Å². The molecule has 0 saturated carbocycles. The van der Waals surface area contributed by atoms with Crippen molar-refractivity contribution < 1.29 is 24.3 Å². The van der Waals surface area contributed by atoms with Crippen LogP contribution in [0.2, 0.25) is 0 Å². The lowest BCUT2D eigenvalue weighted by Gasteiger charge is -2.13. The number of benzene rings is 1. The quantitative estimate of drug-likeness (QED) is 0.318. The summed E-state index contributed by atoms with van der Waals surface area (Å²) in [6.07, 6.45) is 1.25. The highest BCUT2D eigenvalue weighted by molar-refractivity contribution is 5.94. The first kappa shape index (κ1) is 16.1. The summed E-state index contributed by atoms with van der Waals surface area (Å²) in [6.45, 7) is 0.0947. The summed E-state index contributed by atoms with van der Waals surface area (Å²) in [6, 6.07) is 9.14. The van der Waals surface area contributed by atoms with E-state index in [-0.39, 0.29) is 19.6 Å². The predicted molar refractivity (Wildman–Crippen MR) is 70.9 cm³/mol. The lowest BCUT2D eigenvalue weighted by atomic mass is 10.0. The summed E-state index contributed by atoms with van der Waals surface area (Å²) in [7, 11) is 0. The largest absolute Gasteiger partial charge is 0.460 e. The first-order valence-electron chi connectivity index (χ1n) is 6.41. The minimum Gasteiger partial charge on any atom is -0.460 e. The molecule has 20 heavy (non-hydrogen) atoms. The summed E-state index contributed by atoms with van der Waals surface area (Å²) in [5, 5.41) is 8.71. The fraction of sp³-hybridized carbons (Fsp3) is 0.429. The second-order valence-corrected chi connectivity index (χ2v) is 4.30. The van der Waals surface area contributed by atoms with Crippen LogP contribution in [0.5, 0.6) is 0 Å². The average molecular weight is 281 g/mol. The van der Waals surface area contributed by atoms with Crippen molar-refractivity contribution >= 4 is 11.9 Å². The number of esters is 1. The SMILES string of the molecule is NOC(=O)[C@H](CCCCO)C(=O)OCc1ccccc1. The second kappa shape index (κ2) is 9.06. The molecule has 1 rings (SSSR count). The third-order valence-electron chi connectivity index (χ3n) is 2.81. The van der Waals surface area contributed by atoms with E-state index in [1.165, 1.54) is 0 Å². The summed E-state index contributed by atoms with van der Waals surface area (Å²) < 4.78 is 5.09. The fourth-order valence-corrected chi connectivity index (χ4v) is 1.70. The Labute approximate surface area is 117 Å². The molecule has 0 aliphatic rings. The van der Waals surface area contributed by atoms with Crippen LogP contribution in [0, 0.1) is 5.92 Å². The Bertz CT molecular complexity index is 421. The summed E-state index contributed by atoms with van der Waals surface area (Å²) in [5.74, 6) is 2.29. The van der Waals surface area contributed by atoms with E-state index < -0.39 is 17.9 Å². The highest BCUT2D eigenvalue weighted by Gasteiger charge is 2.29. The van der Waals surface area contributed by atoms with Gasteiger partial charge in [0.15, 0.2) is 5.92 Å². The third kappa shape index (κ3) is 5.38. The molecule has 0 bridgehead atoms. The van der Waals surface area contributed by atoms with Crippen LogP contribution < -0.4 is 5.90 Å². The van der Waals surface area contributed by atoms with Crippen molar-refractivity contribution in [2.75, 3.05) is 6.61 Å². The standard InChI is InChI=1S/C14H19NO5/c15-20-14(18)12(8-4-5-9-16)13(17)19-10-11-6-2-1-3-7-11/h1-3,6-7,12,16H,4-5,8-10,15H2/t12-/m1/s1. The van der Waals surface area contributed by atoms with Crippen LogP contribution in [0.1, 0.15) is 24.8 Å². The molecule has 3 N–H and O–H groups in total. The Morgan fingerprint density at radius 2 is 1.85 bits per heavy atom. The van der Waals surface area contributed by atoms with Crippen molar-refractivity contribution in [1.82, 2.24) is 0 Å². The molecule has 0 saturated heterocycles. The van der Waals surface area contributed by atoms with E-state index in [4.69, 9.17) is 15.7 Å². The number of ether oxygens (including phenoxy) is 1. The van der Waals surface area contributed by atoms with Gasteiger partial charge in [0.05, 0.1) is 0 Å². The maximum absolute atomic E-state index is 11.9. The number of carbonyl (C=O) groups is 2. The molecule has 0 aliphatic carbocycles. The highest BCUT2D eigenvalue weighted by atomic mass is 16.7. The topological polar surface area (TPSA) is 98.9 Å². The van der Waals surface area contributed by atoms with Crippen molar-refractivity contribution in [2.45, 2.75) is 25.9 Å². The Morgan fingerprint density at radius 3 is 2.45 bits per heavy atom. The molecule has 1 aromatic carbocycles. The van der Waals surface area contributed by atoms with E-state index in [2.05, 4.69) is 4.84 Å². The van der Waals surface area contributed by atoms with Gasteiger partial charge >= 0.3 is 11.9 Å². The Kier molecular flexibility index (Phi) is 7.31. The molecular formula is C14H19NO5.